The summed E-state index contributed by atoms with van der Waals surface area (Å²) in [6.45, 7) is 8.56. The van der Waals surface area contributed by atoms with Crippen molar-refractivity contribution < 1.29 is 14.3 Å². The van der Waals surface area contributed by atoms with Crippen LogP contribution in [0, 0.1) is 0 Å². The van der Waals surface area contributed by atoms with E-state index in [0.29, 0.717) is 16.5 Å². The van der Waals surface area contributed by atoms with Crippen molar-refractivity contribution in [2.24, 2.45) is 5.73 Å². The molecule has 6 nitrogen and oxygen atoms in total. The first-order chi connectivity index (χ1) is 19.3. The predicted octanol–water partition coefficient (Wildman–Crippen LogP) is 6.98. The van der Waals surface area contributed by atoms with Crippen LogP contribution in [0.2, 0.25) is 5.02 Å². The Labute approximate surface area is 243 Å². The minimum Gasteiger partial charge on any atom is -0.493 e. The van der Waals surface area contributed by atoms with Gasteiger partial charge in [0.15, 0.2) is 11.5 Å². The Kier molecular flexibility index (Phi) is 10.5. The number of ether oxygens (including phenoxy) is 2. The Morgan fingerprint density at radius 2 is 1.68 bits per heavy atom. The molecular weight excluding hydrogens is 522 g/mol. The van der Waals surface area contributed by atoms with E-state index in [1.807, 2.05) is 79.4 Å². The van der Waals surface area contributed by atoms with Crippen molar-refractivity contribution in [2.75, 3.05) is 25.1 Å². The molecule has 7 heteroatoms. The highest BCUT2D eigenvalue weighted by molar-refractivity contribution is 6.30. The summed E-state index contributed by atoms with van der Waals surface area (Å²) in [5.74, 6) is 1.33. The number of hydrogen-bond donors (Lipinski definition) is 2. The lowest BCUT2D eigenvalue weighted by atomic mass is 9.86. The Balaban J connectivity index is 0.000000546. The van der Waals surface area contributed by atoms with E-state index in [0.717, 1.165) is 34.4 Å². The summed E-state index contributed by atoms with van der Waals surface area (Å²) in [4.78, 5) is 15.4. The van der Waals surface area contributed by atoms with Crippen LogP contribution in [-0.4, -0.2) is 32.2 Å². The van der Waals surface area contributed by atoms with Crippen LogP contribution in [-0.2, 0) is 11.2 Å². The minimum atomic E-state index is -0.333. The molecule has 1 fully saturated rings. The van der Waals surface area contributed by atoms with Gasteiger partial charge in [-0.2, -0.15) is 0 Å². The number of halogens is 1. The zero-order valence-corrected chi connectivity index (χ0v) is 24.8. The fourth-order valence-corrected chi connectivity index (χ4v) is 5.24. The van der Waals surface area contributed by atoms with Gasteiger partial charge in [0, 0.05) is 16.8 Å². The van der Waals surface area contributed by atoms with Crippen LogP contribution in [0.15, 0.2) is 60.7 Å². The number of nitrogens with zero attached hydrogens (tertiary/aromatic N) is 1. The Hall–Kier alpha value is -3.06. The molecule has 3 aromatic carbocycles. The van der Waals surface area contributed by atoms with E-state index in [1.165, 1.54) is 32.4 Å². The van der Waals surface area contributed by atoms with E-state index in [4.69, 9.17) is 26.8 Å². The third-order valence-corrected chi connectivity index (χ3v) is 7.83. The first-order valence-corrected chi connectivity index (χ1v) is 14.7. The van der Waals surface area contributed by atoms with E-state index in [1.54, 1.807) is 7.11 Å². The van der Waals surface area contributed by atoms with Gasteiger partial charge in [-0.05, 0) is 105 Å². The van der Waals surface area contributed by atoms with Gasteiger partial charge in [-0.25, -0.2) is 0 Å². The van der Waals surface area contributed by atoms with Crippen LogP contribution in [0.4, 0.5) is 5.69 Å². The molecule has 40 heavy (non-hydrogen) atoms. The second kappa shape index (κ2) is 14.0. The third kappa shape index (κ3) is 7.17. The molecule has 3 atom stereocenters. The van der Waals surface area contributed by atoms with Gasteiger partial charge in [0.1, 0.15) is 0 Å². The maximum absolute atomic E-state index is 13.5. The normalized spacial score (nSPS) is 18.2. The number of carbonyl (C=O) groups excluding carboxylic acids is 1. The predicted molar refractivity (Wildman–Crippen MR) is 164 cm³/mol. The van der Waals surface area contributed by atoms with E-state index in [2.05, 4.69) is 12.2 Å². The van der Waals surface area contributed by atoms with E-state index in [9.17, 15) is 4.79 Å². The minimum absolute atomic E-state index is 0.0126. The number of rotatable bonds is 7. The van der Waals surface area contributed by atoms with Gasteiger partial charge in [-0.15, -0.1) is 0 Å². The lowest BCUT2D eigenvalue weighted by molar-refractivity contribution is -0.118. The number of piperidine rings is 1. The Bertz CT molecular complexity index is 1250. The summed E-state index contributed by atoms with van der Waals surface area (Å²) in [5, 5.41) is 3.93. The van der Waals surface area contributed by atoms with Crippen LogP contribution in [0.3, 0.4) is 0 Å². The standard InChI is InChI=1S/C28H31ClN2O3.C5H11N/c1-5-17(2)34-26-16-24-21(14-25(26)33-4)15-27(32)31(23-12-8-19(9-13-23)18(3)30)28(24)20-6-10-22(29)11-7-20;1-2-4-6-5-3-1/h6-14,16-18,28H,5,15,30H2,1-4H3;6H,1-5H2/t17-,18?,28?;/m1./s1. The second-order valence-corrected chi connectivity index (χ2v) is 11.1. The molecule has 1 amide bonds. The number of methoxy groups -OCH3 is 1. The summed E-state index contributed by atoms with van der Waals surface area (Å²) in [6.07, 6.45) is 5.40. The topological polar surface area (TPSA) is 76.8 Å². The van der Waals surface area contributed by atoms with E-state index in [-0.39, 0.29) is 30.5 Å². The number of nitrogens with two attached hydrogens (primary N) is 1. The van der Waals surface area contributed by atoms with Gasteiger partial charge in [-0.3, -0.25) is 4.79 Å². The number of carbonyl (C=O) groups is 1. The molecule has 2 aliphatic heterocycles. The lowest BCUT2D eigenvalue weighted by Gasteiger charge is -2.38. The molecular formula is C33H42ClN3O3. The van der Waals surface area contributed by atoms with Crippen molar-refractivity contribution in [3.05, 3.63) is 87.9 Å². The zero-order chi connectivity index (χ0) is 28.6. The van der Waals surface area contributed by atoms with Crippen molar-refractivity contribution in [3.63, 3.8) is 0 Å². The van der Waals surface area contributed by atoms with Gasteiger partial charge >= 0.3 is 0 Å². The summed E-state index contributed by atoms with van der Waals surface area (Å²) in [6, 6.07) is 19.1. The number of benzene rings is 3. The van der Waals surface area contributed by atoms with Gasteiger partial charge in [0.2, 0.25) is 5.91 Å². The first kappa shape index (κ1) is 29.9. The Morgan fingerprint density at radius 3 is 2.20 bits per heavy atom. The molecule has 0 saturated carbocycles. The molecule has 0 spiro atoms. The molecule has 214 valence electrons. The summed E-state index contributed by atoms with van der Waals surface area (Å²) < 4.78 is 11.8. The van der Waals surface area contributed by atoms with Crippen molar-refractivity contribution >= 4 is 23.2 Å². The highest BCUT2D eigenvalue weighted by Gasteiger charge is 2.36. The molecule has 3 aromatic rings. The molecule has 2 heterocycles. The van der Waals surface area contributed by atoms with Crippen LogP contribution in [0.5, 0.6) is 11.5 Å². The maximum Gasteiger partial charge on any atom is 0.232 e. The van der Waals surface area contributed by atoms with Crippen molar-refractivity contribution in [3.8, 4) is 11.5 Å². The molecule has 2 unspecified atom stereocenters. The molecule has 3 N–H and O–H groups in total. The van der Waals surface area contributed by atoms with Crippen molar-refractivity contribution in [1.82, 2.24) is 5.32 Å². The van der Waals surface area contributed by atoms with Gasteiger partial charge in [0.25, 0.3) is 0 Å². The SMILES string of the molecule is C1CCNCC1.CC[C@@H](C)Oc1cc2c(cc1OC)CC(=O)N(c1ccc(C(C)N)cc1)C2c1ccc(Cl)cc1. The third-order valence-electron chi connectivity index (χ3n) is 7.58. The molecule has 0 aromatic heterocycles. The molecule has 5 rings (SSSR count). The highest BCUT2D eigenvalue weighted by atomic mass is 35.5. The smallest absolute Gasteiger partial charge is 0.232 e. The van der Waals surface area contributed by atoms with Gasteiger partial charge in [-0.1, -0.05) is 49.2 Å². The monoisotopic (exact) mass is 563 g/mol. The molecule has 0 bridgehead atoms. The second-order valence-electron chi connectivity index (χ2n) is 10.6. The first-order valence-electron chi connectivity index (χ1n) is 14.3. The summed E-state index contributed by atoms with van der Waals surface area (Å²) in [5.41, 5.74) is 10.8. The van der Waals surface area contributed by atoms with E-state index < -0.39 is 0 Å². The largest absolute Gasteiger partial charge is 0.493 e. The van der Waals surface area contributed by atoms with Crippen LogP contribution in [0.25, 0.3) is 0 Å². The number of hydrogen-bond acceptors (Lipinski definition) is 5. The average molecular weight is 564 g/mol. The summed E-state index contributed by atoms with van der Waals surface area (Å²) in [7, 11) is 1.62. The lowest BCUT2D eigenvalue weighted by Crippen LogP contribution is -2.41. The highest BCUT2D eigenvalue weighted by Crippen LogP contribution is 2.44. The van der Waals surface area contributed by atoms with Crippen LogP contribution >= 0.6 is 11.6 Å². The number of nitrogens with one attached hydrogen (secondary N) is 1. The van der Waals surface area contributed by atoms with Crippen molar-refractivity contribution in [1.29, 1.82) is 0 Å². The fourth-order valence-electron chi connectivity index (χ4n) is 5.12. The zero-order valence-electron chi connectivity index (χ0n) is 24.1. The Morgan fingerprint density at radius 1 is 1.00 bits per heavy atom. The average Bonchev–Trinajstić information content (AvgIpc) is 2.98. The molecule has 2 aliphatic rings. The number of fused-ring (bicyclic) bond motifs is 1. The maximum atomic E-state index is 13.5. The number of anilines is 1. The van der Waals surface area contributed by atoms with Gasteiger partial charge in [0.05, 0.1) is 25.7 Å². The van der Waals surface area contributed by atoms with Gasteiger partial charge < -0.3 is 25.4 Å². The molecule has 0 radical (unpaired) electrons. The summed E-state index contributed by atoms with van der Waals surface area (Å²) >= 11 is 6.19. The quantitative estimate of drug-likeness (QED) is 0.324. The number of amides is 1. The fraction of sp³-hybridized carbons (Fsp3) is 0.424. The van der Waals surface area contributed by atoms with Crippen molar-refractivity contribution in [2.45, 2.75) is 71.1 Å². The van der Waals surface area contributed by atoms with Crippen LogP contribution < -0.4 is 25.4 Å². The van der Waals surface area contributed by atoms with E-state index >= 15 is 0 Å². The molecule has 0 aliphatic carbocycles. The molecule has 1 saturated heterocycles. The van der Waals surface area contributed by atoms with Crippen LogP contribution in [0.1, 0.15) is 80.8 Å².